The van der Waals surface area contributed by atoms with Gasteiger partial charge in [-0.05, 0) is 6.92 Å². The predicted octanol–water partition coefficient (Wildman–Crippen LogP) is 0.203. The maximum Gasteiger partial charge on any atom is 0.205 e. The molecule has 1 rings (SSSR count). The van der Waals surface area contributed by atoms with Crippen molar-refractivity contribution >= 4 is 5.95 Å². The van der Waals surface area contributed by atoms with Gasteiger partial charge in [0.25, 0.3) is 0 Å². The van der Waals surface area contributed by atoms with Crippen molar-refractivity contribution in [2.75, 3.05) is 18.5 Å². The van der Waals surface area contributed by atoms with E-state index in [1.165, 1.54) is 0 Å². The fourth-order valence-electron chi connectivity index (χ4n) is 1.05. The summed E-state index contributed by atoms with van der Waals surface area (Å²) in [5.41, 5.74) is 5.55. The molecule has 1 atom stereocenters. The van der Waals surface area contributed by atoms with Crippen LogP contribution in [0.3, 0.4) is 0 Å². The summed E-state index contributed by atoms with van der Waals surface area (Å²) >= 11 is 0. The molecule has 0 radical (unpaired) electrons. The van der Waals surface area contributed by atoms with Gasteiger partial charge in [-0.25, -0.2) is 4.98 Å². The van der Waals surface area contributed by atoms with E-state index in [1.54, 1.807) is 6.20 Å². The summed E-state index contributed by atoms with van der Waals surface area (Å²) in [6.45, 7) is 2.72. The molecule has 1 aromatic heterocycles. The largest absolute Gasteiger partial charge is 0.341 e. The van der Waals surface area contributed by atoms with Crippen LogP contribution in [-0.4, -0.2) is 29.2 Å². The molecule has 12 heavy (non-hydrogen) atoms. The molecular formula is C8H16N4. The van der Waals surface area contributed by atoms with E-state index in [2.05, 4.69) is 16.8 Å². The van der Waals surface area contributed by atoms with E-state index in [9.17, 15) is 0 Å². The molecule has 0 fully saturated rings. The molecule has 0 aliphatic rings. The van der Waals surface area contributed by atoms with Crippen molar-refractivity contribution in [3.8, 4) is 0 Å². The van der Waals surface area contributed by atoms with Gasteiger partial charge < -0.3 is 15.2 Å². The minimum atomic E-state index is 0.325. The third kappa shape index (κ3) is 1.58. The molecule has 1 aromatic rings. The topological polar surface area (TPSA) is 47.1 Å². The number of aryl methyl sites for hydroxylation is 1. The highest BCUT2D eigenvalue weighted by Gasteiger charge is 2.10. The van der Waals surface area contributed by atoms with E-state index in [0.29, 0.717) is 12.6 Å². The number of hydrogen-bond donors (Lipinski definition) is 1. The molecule has 0 aromatic carbocycles. The monoisotopic (exact) mass is 168 g/mol. The first-order chi connectivity index (χ1) is 5.66. The summed E-state index contributed by atoms with van der Waals surface area (Å²) in [7, 11) is 3.97. The van der Waals surface area contributed by atoms with E-state index in [0.717, 1.165) is 5.95 Å². The Morgan fingerprint density at radius 1 is 1.75 bits per heavy atom. The molecule has 0 amide bonds. The Morgan fingerprint density at radius 3 is 2.83 bits per heavy atom. The molecule has 0 bridgehead atoms. The van der Waals surface area contributed by atoms with Gasteiger partial charge in [-0.15, -0.1) is 0 Å². The first-order valence-corrected chi connectivity index (χ1v) is 4.07. The molecule has 2 N–H and O–H groups in total. The normalized spacial score (nSPS) is 13.0. The molecule has 1 unspecified atom stereocenters. The second-order valence-corrected chi connectivity index (χ2v) is 3.03. The lowest BCUT2D eigenvalue weighted by Crippen LogP contribution is -2.36. The van der Waals surface area contributed by atoms with Crippen LogP contribution in [0.4, 0.5) is 5.95 Å². The summed E-state index contributed by atoms with van der Waals surface area (Å²) in [5.74, 6) is 0.952. The van der Waals surface area contributed by atoms with Crippen molar-refractivity contribution in [2.24, 2.45) is 12.8 Å². The molecule has 0 spiro atoms. The smallest absolute Gasteiger partial charge is 0.205 e. The Hall–Kier alpha value is -1.03. The van der Waals surface area contributed by atoms with Crippen LogP contribution in [0.15, 0.2) is 12.4 Å². The maximum absolute atomic E-state index is 5.55. The minimum Gasteiger partial charge on any atom is -0.341 e. The van der Waals surface area contributed by atoms with Crippen LogP contribution in [0.5, 0.6) is 0 Å². The standard InChI is InChI=1S/C8H16N4/c1-7(6-9)12(3)8-10-4-5-11(8)2/h4-5,7H,6,9H2,1-3H3. The lowest BCUT2D eigenvalue weighted by Gasteiger charge is -2.24. The van der Waals surface area contributed by atoms with Gasteiger partial charge in [0.1, 0.15) is 0 Å². The Morgan fingerprint density at radius 2 is 2.42 bits per heavy atom. The molecule has 68 valence electrons. The summed E-state index contributed by atoms with van der Waals surface area (Å²) in [6.07, 6.45) is 3.71. The average Bonchev–Trinajstić information content (AvgIpc) is 2.48. The molecule has 0 saturated heterocycles. The number of nitrogens with zero attached hydrogens (tertiary/aromatic N) is 3. The lowest BCUT2D eigenvalue weighted by molar-refractivity contribution is 0.664. The highest BCUT2D eigenvalue weighted by Crippen LogP contribution is 2.09. The summed E-state index contributed by atoms with van der Waals surface area (Å²) in [4.78, 5) is 6.29. The van der Waals surface area contributed by atoms with E-state index in [1.807, 2.05) is 24.9 Å². The van der Waals surface area contributed by atoms with Crippen LogP contribution in [0, 0.1) is 0 Å². The van der Waals surface area contributed by atoms with Crippen LogP contribution < -0.4 is 10.6 Å². The number of likely N-dealkylation sites (N-methyl/N-ethyl adjacent to an activating group) is 1. The summed E-state index contributed by atoms with van der Waals surface area (Å²) in [6, 6.07) is 0.325. The van der Waals surface area contributed by atoms with Crippen molar-refractivity contribution in [1.82, 2.24) is 9.55 Å². The summed E-state index contributed by atoms with van der Waals surface area (Å²) in [5, 5.41) is 0. The Kier molecular flexibility index (Phi) is 2.70. The number of imidazole rings is 1. The highest BCUT2D eigenvalue weighted by molar-refractivity contribution is 5.30. The van der Waals surface area contributed by atoms with Gasteiger partial charge >= 0.3 is 0 Å². The minimum absolute atomic E-state index is 0.325. The number of nitrogens with two attached hydrogens (primary N) is 1. The quantitative estimate of drug-likeness (QED) is 0.701. The number of anilines is 1. The van der Waals surface area contributed by atoms with Crippen molar-refractivity contribution < 1.29 is 0 Å². The van der Waals surface area contributed by atoms with Crippen LogP contribution in [-0.2, 0) is 7.05 Å². The van der Waals surface area contributed by atoms with Crippen LogP contribution in [0.2, 0.25) is 0 Å². The number of aromatic nitrogens is 2. The molecule has 4 nitrogen and oxygen atoms in total. The van der Waals surface area contributed by atoms with Gasteiger partial charge in [-0.2, -0.15) is 0 Å². The van der Waals surface area contributed by atoms with Crippen LogP contribution >= 0.6 is 0 Å². The zero-order valence-electron chi connectivity index (χ0n) is 7.86. The summed E-state index contributed by atoms with van der Waals surface area (Å²) < 4.78 is 1.98. The molecule has 0 saturated carbocycles. The van der Waals surface area contributed by atoms with Crippen molar-refractivity contribution in [1.29, 1.82) is 0 Å². The Bertz CT molecular complexity index is 243. The second kappa shape index (κ2) is 3.58. The molecule has 0 aliphatic heterocycles. The number of hydrogen-bond acceptors (Lipinski definition) is 3. The Labute approximate surface area is 73.0 Å². The first-order valence-electron chi connectivity index (χ1n) is 4.07. The molecule has 4 heteroatoms. The van der Waals surface area contributed by atoms with Crippen molar-refractivity contribution in [3.63, 3.8) is 0 Å². The van der Waals surface area contributed by atoms with Crippen LogP contribution in [0.25, 0.3) is 0 Å². The molecular weight excluding hydrogens is 152 g/mol. The third-order valence-electron chi connectivity index (χ3n) is 2.11. The Balaban J connectivity index is 2.77. The predicted molar refractivity (Wildman–Crippen MR) is 50.1 cm³/mol. The van der Waals surface area contributed by atoms with E-state index in [-0.39, 0.29) is 0 Å². The van der Waals surface area contributed by atoms with E-state index < -0.39 is 0 Å². The third-order valence-corrected chi connectivity index (χ3v) is 2.11. The zero-order chi connectivity index (χ0) is 9.14. The van der Waals surface area contributed by atoms with Crippen molar-refractivity contribution in [2.45, 2.75) is 13.0 Å². The second-order valence-electron chi connectivity index (χ2n) is 3.03. The number of rotatable bonds is 3. The SMILES string of the molecule is CC(CN)N(C)c1nccn1C. The van der Waals surface area contributed by atoms with Crippen LogP contribution in [0.1, 0.15) is 6.92 Å². The van der Waals surface area contributed by atoms with Gasteiger partial charge in [0, 0.05) is 39.1 Å². The molecule has 1 heterocycles. The molecule has 0 aliphatic carbocycles. The van der Waals surface area contributed by atoms with Gasteiger partial charge in [-0.1, -0.05) is 0 Å². The van der Waals surface area contributed by atoms with Crippen molar-refractivity contribution in [3.05, 3.63) is 12.4 Å². The first kappa shape index (κ1) is 9.06. The van der Waals surface area contributed by atoms with Gasteiger partial charge in [0.05, 0.1) is 0 Å². The van der Waals surface area contributed by atoms with E-state index in [4.69, 9.17) is 5.73 Å². The average molecular weight is 168 g/mol. The zero-order valence-corrected chi connectivity index (χ0v) is 7.86. The van der Waals surface area contributed by atoms with Gasteiger partial charge in [0.2, 0.25) is 5.95 Å². The van der Waals surface area contributed by atoms with Gasteiger partial charge in [-0.3, -0.25) is 0 Å². The van der Waals surface area contributed by atoms with E-state index >= 15 is 0 Å². The van der Waals surface area contributed by atoms with Gasteiger partial charge in [0.15, 0.2) is 0 Å². The lowest BCUT2D eigenvalue weighted by atomic mass is 10.3. The maximum atomic E-state index is 5.55. The fourth-order valence-corrected chi connectivity index (χ4v) is 1.05. The fraction of sp³-hybridized carbons (Fsp3) is 0.625. The highest BCUT2D eigenvalue weighted by atomic mass is 15.3.